The van der Waals surface area contributed by atoms with Gasteiger partial charge >= 0.3 is 6.03 Å². The fourth-order valence-corrected chi connectivity index (χ4v) is 0.696. The molecule has 0 rings (SSSR count). The minimum atomic E-state index is -0.223. The standard InChI is InChI=1S/C6H14N2OS/c1-2-3-4-5-7-6(9)8-10/h10H,2-5H2,1H3,(H2,7,8,9). The Morgan fingerprint density at radius 2 is 2.20 bits per heavy atom. The van der Waals surface area contributed by atoms with Crippen LogP contribution in [0.25, 0.3) is 0 Å². The van der Waals surface area contributed by atoms with Gasteiger partial charge in [0.15, 0.2) is 0 Å². The van der Waals surface area contributed by atoms with E-state index in [0.717, 1.165) is 19.4 Å². The minimum Gasteiger partial charge on any atom is -0.337 e. The number of carbonyl (C=O) groups excluding carboxylic acids is 1. The number of hydrogen-bond acceptors (Lipinski definition) is 2. The summed E-state index contributed by atoms with van der Waals surface area (Å²) in [4.78, 5) is 10.5. The van der Waals surface area contributed by atoms with Gasteiger partial charge in [-0.15, -0.1) is 0 Å². The smallest absolute Gasteiger partial charge is 0.324 e. The normalized spacial score (nSPS) is 9.00. The van der Waals surface area contributed by atoms with Crippen LogP contribution in [-0.2, 0) is 0 Å². The largest absolute Gasteiger partial charge is 0.337 e. The molecule has 0 atom stereocenters. The van der Waals surface area contributed by atoms with Crippen LogP contribution in [0.15, 0.2) is 0 Å². The van der Waals surface area contributed by atoms with E-state index in [1.165, 1.54) is 6.42 Å². The first-order valence-corrected chi connectivity index (χ1v) is 3.94. The van der Waals surface area contributed by atoms with Gasteiger partial charge in [0.05, 0.1) is 0 Å². The highest BCUT2D eigenvalue weighted by Gasteiger charge is 1.92. The van der Waals surface area contributed by atoms with Crippen molar-refractivity contribution >= 4 is 18.8 Å². The van der Waals surface area contributed by atoms with E-state index in [2.05, 4.69) is 29.8 Å². The fourth-order valence-electron chi connectivity index (χ4n) is 0.616. The van der Waals surface area contributed by atoms with Crippen LogP contribution in [0.2, 0.25) is 0 Å². The Hall–Kier alpha value is -0.380. The lowest BCUT2D eigenvalue weighted by molar-refractivity contribution is 0.246. The van der Waals surface area contributed by atoms with Crippen molar-refractivity contribution in [3.05, 3.63) is 0 Å². The predicted molar refractivity (Wildman–Crippen MR) is 45.0 cm³/mol. The van der Waals surface area contributed by atoms with E-state index in [1.54, 1.807) is 0 Å². The van der Waals surface area contributed by atoms with Crippen molar-refractivity contribution in [2.24, 2.45) is 0 Å². The van der Waals surface area contributed by atoms with Crippen LogP contribution in [0.1, 0.15) is 26.2 Å². The molecule has 0 aromatic heterocycles. The van der Waals surface area contributed by atoms with E-state index in [9.17, 15) is 4.79 Å². The number of nitrogens with one attached hydrogen (secondary N) is 2. The highest BCUT2D eigenvalue weighted by molar-refractivity contribution is 7.78. The van der Waals surface area contributed by atoms with Gasteiger partial charge in [-0.2, -0.15) is 0 Å². The second-order valence-electron chi connectivity index (χ2n) is 2.07. The fraction of sp³-hybridized carbons (Fsp3) is 0.833. The molecule has 0 aliphatic carbocycles. The number of unbranched alkanes of at least 4 members (excludes halogenated alkanes) is 2. The van der Waals surface area contributed by atoms with Crippen LogP contribution < -0.4 is 10.0 Å². The molecule has 0 aliphatic rings. The van der Waals surface area contributed by atoms with Crippen LogP contribution in [0.5, 0.6) is 0 Å². The highest BCUT2D eigenvalue weighted by Crippen LogP contribution is 1.90. The summed E-state index contributed by atoms with van der Waals surface area (Å²) >= 11 is 3.58. The molecule has 4 heteroatoms. The van der Waals surface area contributed by atoms with E-state index in [1.807, 2.05) is 0 Å². The molecule has 3 nitrogen and oxygen atoms in total. The molecule has 0 spiro atoms. The van der Waals surface area contributed by atoms with Crippen LogP contribution in [0.4, 0.5) is 4.79 Å². The van der Waals surface area contributed by atoms with E-state index in [-0.39, 0.29) is 6.03 Å². The topological polar surface area (TPSA) is 41.1 Å². The number of thiol groups is 1. The summed E-state index contributed by atoms with van der Waals surface area (Å²) in [6.45, 7) is 2.86. The van der Waals surface area contributed by atoms with Crippen molar-refractivity contribution in [2.45, 2.75) is 26.2 Å². The zero-order valence-corrected chi connectivity index (χ0v) is 7.08. The summed E-state index contributed by atoms with van der Waals surface area (Å²) in [5.74, 6) is 0. The van der Waals surface area contributed by atoms with Crippen molar-refractivity contribution < 1.29 is 4.79 Å². The average molecular weight is 162 g/mol. The summed E-state index contributed by atoms with van der Waals surface area (Å²) in [6, 6.07) is -0.223. The summed E-state index contributed by atoms with van der Waals surface area (Å²) in [6.07, 6.45) is 3.37. The Balaban J connectivity index is 2.96. The van der Waals surface area contributed by atoms with Gasteiger partial charge in [0.25, 0.3) is 0 Å². The molecule has 10 heavy (non-hydrogen) atoms. The second kappa shape index (κ2) is 6.74. The maximum atomic E-state index is 10.5. The van der Waals surface area contributed by atoms with Gasteiger partial charge in [0, 0.05) is 6.54 Å². The molecule has 0 aromatic rings. The number of hydrogen-bond donors (Lipinski definition) is 3. The molecule has 0 unspecified atom stereocenters. The summed E-state index contributed by atoms with van der Waals surface area (Å²) in [5.41, 5.74) is 0. The third kappa shape index (κ3) is 5.75. The molecule has 0 heterocycles. The third-order valence-corrected chi connectivity index (χ3v) is 1.37. The predicted octanol–water partition coefficient (Wildman–Crippen LogP) is 1.32. The highest BCUT2D eigenvalue weighted by atomic mass is 32.1. The molecule has 2 amide bonds. The molecule has 0 aliphatic heterocycles. The summed E-state index contributed by atoms with van der Waals surface area (Å²) in [5, 5.41) is 2.64. The van der Waals surface area contributed by atoms with Gasteiger partial charge < -0.3 is 5.32 Å². The number of amides is 2. The summed E-state index contributed by atoms with van der Waals surface area (Å²) in [7, 11) is 0. The van der Waals surface area contributed by atoms with Gasteiger partial charge in [-0.1, -0.05) is 32.6 Å². The molecule has 0 bridgehead atoms. The van der Waals surface area contributed by atoms with Gasteiger partial charge in [0.2, 0.25) is 0 Å². The quantitative estimate of drug-likeness (QED) is 0.423. The molecular weight excluding hydrogens is 148 g/mol. The first kappa shape index (κ1) is 9.62. The monoisotopic (exact) mass is 162 g/mol. The molecular formula is C6H14N2OS. The molecule has 0 radical (unpaired) electrons. The lowest BCUT2D eigenvalue weighted by Gasteiger charge is -2.01. The van der Waals surface area contributed by atoms with Crippen molar-refractivity contribution in [3.63, 3.8) is 0 Å². The average Bonchev–Trinajstić information content (AvgIpc) is 1.98. The van der Waals surface area contributed by atoms with Crippen molar-refractivity contribution in [3.8, 4) is 0 Å². The lowest BCUT2D eigenvalue weighted by atomic mass is 10.2. The van der Waals surface area contributed by atoms with Gasteiger partial charge in [-0.05, 0) is 6.42 Å². The van der Waals surface area contributed by atoms with E-state index in [0.29, 0.717) is 0 Å². The molecule has 0 saturated heterocycles. The van der Waals surface area contributed by atoms with Crippen LogP contribution >= 0.6 is 12.8 Å². The van der Waals surface area contributed by atoms with Gasteiger partial charge in [-0.3, -0.25) is 4.72 Å². The Morgan fingerprint density at radius 1 is 1.50 bits per heavy atom. The van der Waals surface area contributed by atoms with Crippen LogP contribution in [0.3, 0.4) is 0 Å². The van der Waals surface area contributed by atoms with E-state index < -0.39 is 0 Å². The van der Waals surface area contributed by atoms with Crippen LogP contribution in [0, 0.1) is 0 Å². The maximum absolute atomic E-state index is 10.5. The molecule has 0 aromatic carbocycles. The number of urea groups is 1. The lowest BCUT2D eigenvalue weighted by Crippen LogP contribution is -2.30. The third-order valence-electron chi connectivity index (χ3n) is 1.17. The Bertz CT molecular complexity index is 97.7. The SMILES string of the molecule is CCCCCNC(=O)NS. The van der Waals surface area contributed by atoms with E-state index >= 15 is 0 Å². The number of carbonyl (C=O) groups is 1. The first-order chi connectivity index (χ1) is 4.81. The number of rotatable bonds is 4. The molecule has 0 fully saturated rings. The van der Waals surface area contributed by atoms with E-state index in [4.69, 9.17) is 0 Å². The second-order valence-corrected chi connectivity index (χ2v) is 2.30. The Kier molecular flexibility index (Phi) is 6.48. The Labute approximate surface area is 67.1 Å². The zero-order chi connectivity index (χ0) is 7.82. The minimum absolute atomic E-state index is 0.223. The van der Waals surface area contributed by atoms with Gasteiger partial charge in [-0.25, -0.2) is 4.79 Å². The van der Waals surface area contributed by atoms with Gasteiger partial charge in [0.1, 0.15) is 0 Å². The van der Waals surface area contributed by atoms with Crippen LogP contribution in [-0.4, -0.2) is 12.6 Å². The van der Waals surface area contributed by atoms with Crippen molar-refractivity contribution in [1.82, 2.24) is 10.0 Å². The molecule has 0 saturated carbocycles. The maximum Gasteiger partial charge on any atom is 0.324 e. The van der Waals surface area contributed by atoms with Crippen molar-refractivity contribution in [1.29, 1.82) is 0 Å². The molecule has 2 N–H and O–H groups in total. The summed E-state index contributed by atoms with van der Waals surface area (Å²) < 4.78 is 2.19. The first-order valence-electron chi connectivity index (χ1n) is 3.49. The molecule has 60 valence electrons. The zero-order valence-electron chi connectivity index (χ0n) is 6.18. The van der Waals surface area contributed by atoms with Crippen molar-refractivity contribution in [2.75, 3.05) is 6.54 Å². The Morgan fingerprint density at radius 3 is 2.70 bits per heavy atom.